The van der Waals surface area contributed by atoms with E-state index in [4.69, 9.17) is 16.0 Å². The fraction of sp³-hybridized carbons (Fsp3) is 0.211. The minimum atomic E-state index is 0.0350. The highest BCUT2D eigenvalue weighted by Crippen LogP contribution is 2.22. The number of nitrogens with zero attached hydrogens (tertiary/aromatic N) is 4. The van der Waals surface area contributed by atoms with Crippen LogP contribution < -0.4 is 4.90 Å². The lowest BCUT2D eigenvalue weighted by atomic mass is 10.1. The van der Waals surface area contributed by atoms with Crippen molar-refractivity contribution in [2.45, 2.75) is 0 Å². The van der Waals surface area contributed by atoms with E-state index in [0.29, 0.717) is 24.5 Å². The summed E-state index contributed by atoms with van der Waals surface area (Å²) in [6.07, 6.45) is 1.29. The highest BCUT2D eigenvalue weighted by Gasteiger charge is 2.22. The molecule has 1 amide bonds. The Kier molecular flexibility index (Phi) is 4.58. The van der Waals surface area contributed by atoms with E-state index >= 15 is 0 Å². The van der Waals surface area contributed by atoms with E-state index in [9.17, 15) is 4.79 Å². The molecule has 2 aromatic carbocycles. The van der Waals surface area contributed by atoms with Crippen molar-refractivity contribution in [2.24, 2.45) is 0 Å². The summed E-state index contributed by atoms with van der Waals surface area (Å²) in [5.41, 5.74) is 2.54. The van der Waals surface area contributed by atoms with E-state index in [1.165, 1.54) is 6.39 Å². The zero-order valence-corrected chi connectivity index (χ0v) is 14.8. The predicted molar refractivity (Wildman–Crippen MR) is 99.3 cm³/mol. The molecule has 26 heavy (non-hydrogen) atoms. The number of anilines is 1. The van der Waals surface area contributed by atoms with Crippen molar-refractivity contribution in [1.82, 2.24) is 15.1 Å². The third-order valence-electron chi connectivity index (χ3n) is 4.48. The van der Waals surface area contributed by atoms with E-state index in [1.54, 1.807) is 12.1 Å². The van der Waals surface area contributed by atoms with Crippen LogP contribution in [0.4, 0.5) is 5.69 Å². The number of amides is 1. The number of carbonyl (C=O) groups excluding carboxylic acids is 1. The van der Waals surface area contributed by atoms with Gasteiger partial charge in [0.15, 0.2) is 0 Å². The van der Waals surface area contributed by atoms with Crippen LogP contribution >= 0.6 is 11.6 Å². The molecule has 3 aromatic rings. The molecule has 4 rings (SSSR count). The molecule has 0 bridgehead atoms. The highest BCUT2D eigenvalue weighted by atomic mass is 35.5. The lowest BCUT2D eigenvalue weighted by molar-refractivity contribution is 0.0747. The maximum absolute atomic E-state index is 12.7. The van der Waals surface area contributed by atoms with E-state index in [-0.39, 0.29) is 5.91 Å². The predicted octanol–water partition coefficient (Wildman–Crippen LogP) is 3.35. The minimum absolute atomic E-state index is 0.0350. The van der Waals surface area contributed by atoms with Crippen molar-refractivity contribution in [3.8, 4) is 11.5 Å². The molecule has 0 saturated carbocycles. The molecule has 1 saturated heterocycles. The van der Waals surface area contributed by atoms with Crippen LogP contribution in [0.5, 0.6) is 0 Å². The van der Waals surface area contributed by atoms with E-state index in [1.807, 2.05) is 41.3 Å². The number of halogens is 1. The van der Waals surface area contributed by atoms with Gasteiger partial charge in [-0.25, -0.2) is 0 Å². The van der Waals surface area contributed by atoms with Crippen molar-refractivity contribution in [2.75, 3.05) is 31.1 Å². The second kappa shape index (κ2) is 7.17. The summed E-state index contributed by atoms with van der Waals surface area (Å²) in [6, 6.07) is 15.0. The van der Waals surface area contributed by atoms with Crippen LogP contribution in [0, 0.1) is 0 Å². The van der Waals surface area contributed by atoms with Gasteiger partial charge >= 0.3 is 0 Å². The Hall–Kier alpha value is -2.86. The fourth-order valence-corrected chi connectivity index (χ4v) is 3.26. The van der Waals surface area contributed by atoms with Gasteiger partial charge in [-0.15, -0.1) is 10.2 Å². The lowest BCUT2D eigenvalue weighted by Crippen LogP contribution is -2.48. The van der Waals surface area contributed by atoms with Gasteiger partial charge in [0.05, 0.1) is 0 Å². The van der Waals surface area contributed by atoms with Crippen molar-refractivity contribution >= 4 is 23.2 Å². The van der Waals surface area contributed by atoms with Gasteiger partial charge in [-0.2, -0.15) is 0 Å². The van der Waals surface area contributed by atoms with Crippen LogP contribution in [0.2, 0.25) is 5.02 Å². The van der Waals surface area contributed by atoms with Gasteiger partial charge in [-0.1, -0.05) is 17.7 Å². The molecule has 6 nitrogen and oxygen atoms in total. The first kappa shape index (κ1) is 16.6. The molecular formula is C19H17ClN4O2. The first-order chi connectivity index (χ1) is 12.7. The molecule has 0 unspecified atom stereocenters. The number of aromatic nitrogens is 2. The summed E-state index contributed by atoms with van der Waals surface area (Å²) in [6.45, 7) is 2.92. The molecule has 2 heterocycles. The lowest BCUT2D eigenvalue weighted by Gasteiger charge is -2.36. The molecule has 0 atom stereocenters. The fourth-order valence-electron chi connectivity index (χ4n) is 3.08. The summed E-state index contributed by atoms with van der Waals surface area (Å²) >= 11 is 6.07. The number of hydrogen-bond acceptors (Lipinski definition) is 5. The van der Waals surface area contributed by atoms with Crippen LogP contribution in [-0.2, 0) is 0 Å². The van der Waals surface area contributed by atoms with Gasteiger partial charge in [-0.3, -0.25) is 4.79 Å². The topological polar surface area (TPSA) is 62.5 Å². The summed E-state index contributed by atoms with van der Waals surface area (Å²) < 4.78 is 5.17. The standard InChI is InChI=1S/C19H17ClN4O2/c20-16-2-1-3-17(12-16)23-8-10-24(11-9-23)19(25)15-6-4-14(5-7-15)18-22-21-13-26-18/h1-7,12-13H,8-11H2. The number of rotatable bonds is 3. The first-order valence-corrected chi connectivity index (χ1v) is 8.75. The maximum atomic E-state index is 12.7. The van der Waals surface area contributed by atoms with Crippen LogP contribution in [-0.4, -0.2) is 47.2 Å². The summed E-state index contributed by atoms with van der Waals surface area (Å²) in [5.74, 6) is 0.479. The number of benzene rings is 2. The third-order valence-corrected chi connectivity index (χ3v) is 4.71. The van der Waals surface area contributed by atoms with Gasteiger partial charge in [0, 0.05) is 48.0 Å². The van der Waals surface area contributed by atoms with E-state index in [2.05, 4.69) is 15.1 Å². The highest BCUT2D eigenvalue weighted by molar-refractivity contribution is 6.30. The molecule has 1 fully saturated rings. The number of carbonyl (C=O) groups is 1. The van der Waals surface area contributed by atoms with Crippen molar-refractivity contribution < 1.29 is 9.21 Å². The molecule has 0 aliphatic carbocycles. The summed E-state index contributed by atoms with van der Waals surface area (Å²) in [4.78, 5) is 16.9. The second-order valence-corrected chi connectivity index (χ2v) is 6.52. The maximum Gasteiger partial charge on any atom is 0.253 e. The Balaban J connectivity index is 1.40. The minimum Gasteiger partial charge on any atom is -0.423 e. The smallest absolute Gasteiger partial charge is 0.253 e. The van der Waals surface area contributed by atoms with E-state index in [0.717, 1.165) is 29.4 Å². The van der Waals surface area contributed by atoms with E-state index < -0.39 is 0 Å². The largest absolute Gasteiger partial charge is 0.423 e. The Morgan fingerprint density at radius 1 is 1.04 bits per heavy atom. The first-order valence-electron chi connectivity index (χ1n) is 8.37. The zero-order chi connectivity index (χ0) is 17.9. The van der Waals surface area contributed by atoms with Gasteiger partial charge in [0.25, 0.3) is 5.91 Å². The average Bonchev–Trinajstić information content (AvgIpc) is 3.23. The van der Waals surface area contributed by atoms with Crippen LogP contribution in [0.15, 0.2) is 59.3 Å². The Morgan fingerprint density at radius 2 is 1.81 bits per heavy atom. The molecule has 1 aliphatic rings. The number of piperazine rings is 1. The van der Waals surface area contributed by atoms with Gasteiger partial charge in [-0.05, 0) is 42.5 Å². The van der Waals surface area contributed by atoms with Crippen LogP contribution in [0.1, 0.15) is 10.4 Å². The molecule has 7 heteroatoms. The Labute approximate surface area is 156 Å². The Morgan fingerprint density at radius 3 is 2.46 bits per heavy atom. The third kappa shape index (κ3) is 3.41. The molecule has 132 valence electrons. The molecule has 0 radical (unpaired) electrons. The quantitative estimate of drug-likeness (QED) is 0.709. The van der Waals surface area contributed by atoms with Gasteiger partial charge < -0.3 is 14.2 Å². The van der Waals surface area contributed by atoms with Crippen LogP contribution in [0.3, 0.4) is 0 Å². The van der Waals surface area contributed by atoms with Gasteiger partial charge in [0.2, 0.25) is 12.3 Å². The summed E-state index contributed by atoms with van der Waals surface area (Å²) in [7, 11) is 0. The second-order valence-electron chi connectivity index (χ2n) is 6.08. The number of hydrogen-bond donors (Lipinski definition) is 0. The summed E-state index contributed by atoms with van der Waals surface area (Å²) in [5, 5.41) is 8.25. The van der Waals surface area contributed by atoms with Crippen molar-refractivity contribution in [1.29, 1.82) is 0 Å². The molecular weight excluding hydrogens is 352 g/mol. The average molecular weight is 369 g/mol. The molecule has 0 spiro atoms. The zero-order valence-electron chi connectivity index (χ0n) is 14.0. The Bertz CT molecular complexity index is 888. The van der Waals surface area contributed by atoms with Crippen LogP contribution in [0.25, 0.3) is 11.5 Å². The van der Waals surface area contributed by atoms with Crippen molar-refractivity contribution in [3.63, 3.8) is 0 Å². The molecule has 1 aromatic heterocycles. The molecule has 1 aliphatic heterocycles. The molecule has 0 N–H and O–H groups in total. The van der Waals surface area contributed by atoms with Gasteiger partial charge in [0.1, 0.15) is 0 Å². The normalized spacial score (nSPS) is 14.5. The SMILES string of the molecule is O=C(c1ccc(-c2nnco2)cc1)N1CCN(c2cccc(Cl)c2)CC1. The van der Waals surface area contributed by atoms with Crippen molar-refractivity contribution in [3.05, 3.63) is 65.5 Å². The monoisotopic (exact) mass is 368 g/mol.